The topological polar surface area (TPSA) is 90.1 Å². The predicted octanol–water partition coefficient (Wildman–Crippen LogP) is 3.31. The molecule has 0 saturated heterocycles. The molecule has 0 aliphatic rings. The highest BCUT2D eigenvalue weighted by Gasteiger charge is 2.22. The molecule has 2 aromatic carbocycles. The van der Waals surface area contributed by atoms with Crippen LogP contribution in [-0.4, -0.2) is 29.8 Å². The molecular weight excluding hydrogens is 354 g/mol. The van der Waals surface area contributed by atoms with Crippen LogP contribution in [0.4, 0.5) is 14.5 Å². The third kappa shape index (κ3) is 3.25. The number of benzene rings is 2. The fraction of sp³-hybridized carbons (Fsp3) is 0.211. The Kier molecular flexibility index (Phi) is 5.16. The lowest BCUT2D eigenvalue weighted by molar-refractivity contribution is 0.0949. The van der Waals surface area contributed by atoms with Gasteiger partial charge in [-0.05, 0) is 24.6 Å². The quantitative estimate of drug-likeness (QED) is 0.717. The third-order valence-electron chi connectivity index (χ3n) is 4.13. The number of fused-ring (bicyclic) bond motifs is 1. The van der Waals surface area contributed by atoms with Gasteiger partial charge in [-0.25, -0.2) is 8.78 Å². The van der Waals surface area contributed by atoms with Gasteiger partial charge in [0, 0.05) is 23.1 Å². The highest BCUT2D eigenvalue weighted by Crippen LogP contribution is 2.36. The summed E-state index contributed by atoms with van der Waals surface area (Å²) in [5, 5.41) is 10.8. The number of carbonyl (C=O) groups excluding carboxylic acids is 1. The zero-order valence-corrected chi connectivity index (χ0v) is 14.8. The number of aromatic nitrogens is 2. The molecule has 1 heterocycles. The van der Waals surface area contributed by atoms with Crippen molar-refractivity contribution < 1.29 is 18.3 Å². The first kappa shape index (κ1) is 18.5. The van der Waals surface area contributed by atoms with Gasteiger partial charge in [0.05, 0.1) is 12.8 Å². The van der Waals surface area contributed by atoms with E-state index in [0.29, 0.717) is 11.9 Å². The summed E-state index contributed by atoms with van der Waals surface area (Å²) in [5.74, 6) is -1.91. The van der Waals surface area contributed by atoms with E-state index in [4.69, 9.17) is 10.5 Å². The Labute approximate surface area is 154 Å². The number of nitrogen functional groups attached to an aromatic ring is 1. The molecule has 0 spiro atoms. The molecule has 8 heteroatoms. The van der Waals surface area contributed by atoms with Crippen molar-refractivity contribution in [1.29, 1.82) is 0 Å². The highest BCUT2D eigenvalue weighted by molar-refractivity contribution is 6.07. The summed E-state index contributed by atoms with van der Waals surface area (Å²) >= 11 is 0. The van der Waals surface area contributed by atoms with Crippen molar-refractivity contribution in [1.82, 2.24) is 15.5 Å². The standard InChI is InChI=1S/C19H18F2N4O2/c1-3-9-23-19(26)18-16(22)11-7-8-12(20)14(17(11)24-25-18)10-5-4-6-13(27-2)15(10)21/h4-8H,3,9H2,1-2H3,(H2,22,24)(H,23,26). The van der Waals surface area contributed by atoms with E-state index in [0.717, 1.165) is 12.5 Å². The van der Waals surface area contributed by atoms with Gasteiger partial charge in [0.1, 0.15) is 11.3 Å². The second kappa shape index (κ2) is 7.53. The van der Waals surface area contributed by atoms with Crippen LogP contribution in [0, 0.1) is 11.6 Å². The van der Waals surface area contributed by atoms with Gasteiger partial charge in [0.15, 0.2) is 17.3 Å². The Bertz CT molecular complexity index is 1020. The van der Waals surface area contributed by atoms with E-state index in [9.17, 15) is 13.6 Å². The minimum Gasteiger partial charge on any atom is -0.494 e. The molecule has 0 aliphatic heterocycles. The van der Waals surface area contributed by atoms with Crippen LogP contribution in [0.15, 0.2) is 30.3 Å². The number of nitrogens with one attached hydrogen (secondary N) is 1. The lowest BCUT2D eigenvalue weighted by atomic mass is 9.99. The third-order valence-corrected chi connectivity index (χ3v) is 4.13. The molecule has 1 amide bonds. The Morgan fingerprint density at radius 2 is 2.00 bits per heavy atom. The maximum Gasteiger partial charge on any atom is 0.273 e. The highest BCUT2D eigenvalue weighted by atomic mass is 19.1. The predicted molar refractivity (Wildman–Crippen MR) is 98.5 cm³/mol. The largest absolute Gasteiger partial charge is 0.494 e. The number of rotatable bonds is 5. The number of hydrogen-bond donors (Lipinski definition) is 2. The summed E-state index contributed by atoms with van der Waals surface area (Å²) in [4.78, 5) is 12.2. The van der Waals surface area contributed by atoms with Crippen molar-refractivity contribution in [3.63, 3.8) is 0 Å². The number of hydrogen-bond acceptors (Lipinski definition) is 5. The maximum atomic E-state index is 14.7. The van der Waals surface area contributed by atoms with E-state index in [1.54, 1.807) is 6.07 Å². The Balaban J connectivity index is 2.22. The van der Waals surface area contributed by atoms with Crippen LogP contribution < -0.4 is 15.8 Å². The van der Waals surface area contributed by atoms with E-state index in [1.807, 2.05) is 6.92 Å². The average molecular weight is 372 g/mol. The monoisotopic (exact) mass is 372 g/mol. The number of methoxy groups -OCH3 is 1. The van der Waals surface area contributed by atoms with E-state index in [1.165, 1.54) is 25.3 Å². The molecule has 1 aromatic heterocycles. The average Bonchev–Trinajstić information content (AvgIpc) is 2.67. The summed E-state index contributed by atoms with van der Waals surface area (Å²) in [6.45, 7) is 2.37. The molecule has 0 radical (unpaired) electrons. The van der Waals surface area contributed by atoms with Crippen LogP contribution >= 0.6 is 0 Å². The maximum absolute atomic E-state index is 14.7. The van der Waals surface area contributed by atoms with Crippen LogP contribution in [-0.2, 0) is 0 Å². The molecule has 0 saturated carbocycles. The Morgan fingerprint density at radius 3 is 2.70 bits per heavy atom. The van der Waals surface area contributed by atoms with Gasteiger partial charge in [-0.3, -0.25) is 4.79 Å². The van der Waals surface area contributed by atoms with E-state index in [2.05, 4.69) is 15.5 Å². The number of halogens is 2. The summed E-state index contributed by atoms with van der Waals surface area (Å²) in [6, 6.07) is 6.93. The second-order valence-corrected chi connectivity index (χ2v) is 5.86. The fourth-order valence-corrected chi connectivity index (χ4v) is 2.78. The molecule has 0 unspecified atom stereocenters. The molecule has 3 aromatic rings. The number of nitrogens with zero attached hydrogens (tertiary/aromatic N) is 2. The van der Waals surface area contributed by atoms with Crippen molar-refractivity contribution in [3.8, 4) is 16.9 Å². The van der Waals surface area contributed by atoms with Crippen LogP contribution in [0.3, 0.4) is 0 Å². The zero-order chi connectivity index (χ0) is 19.6. The van der Waals surface area contributed by atoms with Crippen LogP contribution in [0.2, 0.25) is 0 Å². The van der Waals surface area contributed by atoms with Gasteiger partial charge in [0.25, 0.3) is 5.91 Å². The minimum absolute atomic E-state index is 0.0274. The van der Waals surface area contributed by atoms with E-state index < -0.39 is 17.5 Å². The first-order valence-electron chi connectivity index (χ1n) is 8.35. The molecule has 6 nitrogen and oxygen atoms in total. The van der Waals surface area contributed by atoms with Crippen LogP contribution in [0.25, 0.3) is 22.0 Å². The number of anilines is 1. The molecule has 0 atom stereocenters. The minimum atomic E-state index is -0.725. The van der Waals surface area contributed by atoms with E-state index >= 15 is 0 Å². The van der Waals surface area contributed by atoms with Crippen molar-refractivity contribution >= 4 is 22.5 Å². The van der Waals surface area contributed by atoms with Gasteiger partial charge in [-0.2, -0.15) is 0 Å². The summed E-state index contributed by atoms with van der Waals surface area (Å²) < 4.78 is 34.2. The number of nitrogens with two attached hydrogens (primary N) is 1. The summed E-state index contributed by atoms with van der Waals surface area (Å²) in [7, 11) is 1.32. The molecule has 3 rings (SSSR count). The van der Waals surface area contributed by atoms with Crippen LogP contribution in [0.1, 0.15) is 23.8 Å². The fourth-order valence-electron chi connectivity index (χ4n) is 2.78. The molecular formula is C19H18F2N4O2. The summed E-state index contributed by atoms with van der Waals surface area (Å²) in [6.07, 6.45) is 0.747. The first-order chi connectivity index (χ1) is 13.0. The molecule has 27 heavy (non-hydrogen) atoms. The molecule has 0 bridgehead atoms. The van der Waals surface area contributed by atoms with Gasteiger partial charge in [-0.15, -0.1) is 10.2 Å². The first-order valence-corrected chi connectivity index (χ1v) is 8.35. The number of carbonyl (C=O) groups is 1. The Hall–Kier alpha value is -3.29. The zero-order valence-electron chi connectivity index (χ0n) is 14.8. The van der Waals surface area contributed by atoms with Gasteiger partial charge in [-0.1, -0.05) is 19.1 Å². The second-order valence-electron chi connectivity index (χ2n) is 5.86. The SMILES string of the molecule is CCCNC(=O)c1nnc2c(-c3cccc(OC)c3F)c(F)ccc2c1N. The number of amides is 1. The lowest BCUT2D eigenvalue weighted by Gasteiger charge is -2.13. The smallest absolute Gasteiger partial charge is 0.273 e. The molecule has 0 fully saturated rings. The normalized spacial score (nSPS) is 10.8. The molecule has 3 N–H and O–H groups in total. The van der Waals surface area contributed by atoms with Gasteiger partial charge >= 0.3 is 0 Å². The number of ether oxygens (including phenoxy) is 1. The van der Waals surface area contributed by atoms with Crippen molar-refractivity contribution in [3.05, 3.63) is 47.7 Å². The van der Waals surface area contributed by atoms with E-state index in [-0.39, 0.29) is 33.8 Å². The molecule has 0 aliphatic carbocycles. The van der Waals surface area contributed by atoms with Crippen molar-refractivity contribution in [2.75, 3.05) is 19.4 Å². The van der Waals surface area contributed by atoms with Crippen molar-refractivity contribution in [2.45, 2.75) is 13.3 Å². The Morgan fingerprint density at radius 1 is 1.22 bits per heavy atom. The van der Waals surface area contributed by atoms with Gasteiger partial charge < -0.3 is 15.8 Å². The molecule has 140 valence electrons. The van der Waals surface area contributed by atoms with Gasteiger partial charge in [0.2, 0.25) is 0 Å². The van der Waals surface area contributed by atoms with Crippen molar-refractivity contribution in [2.24, 2.45) is 0 Å². The van der Waals surface area contributed by atoms with Crippen LogP contribution in [0.5, 0.6) is 5.75 Å². The summed E-state index contributed by atoms with van der Waals surface area (Å²) in [5.41, 5.74) is 6.01. The lowest BCUT2D eigenvalue weighted by Crippen LogP contribution is -2.26.